The summed E-state index contributed by atoms with van der Waals surface area (Å²) >= 11 is 0. The first-order valence-electron chi connectivity index (χ1n) is 9.13. The third-order valence-electron chi connectivity index (χ3n) is 4.72. The maximum atomic E-state index is 13.2. The standard InChI is InChI=1S/C20H21FN6/c21-16-7-5-15(6-8-16)14-27-13-2-1-4-18(27)17-9-12-24-20(25-17)26-19-22-10-3-11-23-19/h3,5-12,18H,1-2,4,13-14H2,(H,22,23,24,25,26)/t18-/m1/s1. The Morgan fingerprint density at radius 2 is 1.74 bits per heavy atom. The number of aromatic nitrogens is 4. The fraction of sp³-hybridized carbons (Fsp3) is 0.300. The normalized spacial score (nSPS) is 17.6. The van der Waals surface area contributed by atoms with Crippen molar-refractivity contribution in [3.63, 3.8) is 0 Å². The van der Waals surface area contributed by atoms with Crippen LogP contribution in [0.5, 0.6) is 0 Å². The number of benzene rings is 1. The molecule has 4 rings (SSSR count). The largest absolute Gasteiger partial charge is 0.293 e. The first-order valence-corrected chi connectivity index (χ1v) is 9.13. The second-order valence-electron chi connectivity index (χ2n) is 6.61. The van der Waals surface area contributed by atoms with Gasteiger partial charge in [0.25, 0.3) is 0 Å². The summed E-state index contributed by atoms with van der Waals surface area (Å²) in [5, 5.41) is 3.05. The van der Waals surface area contributed by atoms with Gasteiger partial charge in [0.1, 0.15) is 5.82 Å². The van der Waals surface area contributed by atoms with E-state index in [1.807, 2.05) is 18.2 Å². The van der Waals surface area contributed by atoms with Crippen LogP contribution in [0.2, 0.25) is 0 Å². The Labute approximate surface area is 157 Å². The molecule has 0 spiro atoms. The Hall–Kier alpha value is -2.93. The fourth-order valence-electron chi connectivity index (χ4n) is 3.42. The molecule has 1 saturated heterocycles. The van der Waals surface area contributed by atoms with Crippen molar-refractivity contribution in [2.75, 3.05) is 11.9 Å². The number of hydrogen-bond acceptors (Lipinski definition) is 6. The predicted molar refractivity (Wildman–Crippen MR) is 101 cm³/mol. The molecule has 1 aliphatic heterocycles. The molecule has 3 heterocycles. The topological polar surface area (TPSA) is 66.8 Å². The molecule has 0 saturated carbocycles. The van der Waals surface area contributed by atoms with Gasteiger partial charge in [-0.25, -0.2) is 24.3 Å². The van der Waals surface area contributed by atoms with Gasteiger partial charge in [-0.1, -0.05) is 18.6 Å². The average molecular weight is 364 g/mol. The summed E-state index contributed by atoms with van der Waals surface area (Å²) in [6.07, 6.45) is 8.47. The molecular formula is C20H21FN6. The highest BCUT2D eigenvalue weighted by molar-refractivity contribution is 5.41. The smallest absolute Gasteiger partial charge is 0.229 e. The SMILES string of the molecule is Fc1ccc(CN2CCCC[C@@H]2c2ccnc(Nc3ncccn3)n2)cc1. The van der Waals surface area contributed by atoms with E-state index in [0.717, 1.165) is 37.2 Å². The Morgan fingerprint density at radius 1 is 0.963 bits per heavy atom. The van der Waals surface area contributed by atoms with Crippen molar-refractivity contribution in [3.8, 4) is 0 Å². The highest BCUT2D eigenvalue weighted by Gasteiger charge is 2.25. The van der Waals surface area contributed by atoms with Crippen LogP contribution < -0.4 is 5.32 Å². The first-order chi connectivity index (χ1) is 13.3. The van der Waals surface area contributed by atoms with Gasteiger partial charge in [-0.3, -0.25) is 10.2 Å². The van der Waals surface area contributed by atoms with Gasteiger partial charge in [-0.15, -0.1) is 0 Å². The summed E-state index contributed by atoms with van der Waals surface area (Å²) in [5.41, 5.74) is 2.08. The zero-order valence-corrected chi connectivity index (χ0v) is 14.9. The average Bonchev–Trinajstić information content (AvgIpc) is 2.71. The number of nitrogens with zero attached hydrogens (tertiary/aromatic N) is 5. The lowest BCUT2D eigenvalue weighted by Gasteiger charge is -2.35. The Bertz CT molecular complexity index is 871. The molecule has 1 N–H and O–H groups in total. The molecule has 7 heteroatoms. The van der Waals surface area contributed by atoms with Crippen molar-refractivity contribution in [2.24, 2.45) is 0 Å². The summed E-state index contributed by atoms with van der Waals surface area (Å²) in [4.78, 5) is 19.7. The van der Waals surface area contributed by atoms with E-state index in [-0.39, 0.29) is 11.9 Å². The van der Waals surface area contributed by atoms with Gasteiger partial charge < -0.3 is 0 Å². The molecule has 1 fully saturated rings. The van der Waals surface area contributed by atoms with Crippen LogP contribution in [0, 0.1) is 5.82 Å². The van der Waals surface area contributed by atoms with Crippen LogP contribution in [-0.4, -0.2) is 31.4 Å². The van der Waals surface area contributed by atoms with Gasteiger partial charge in [0.2, 0.25) is 11.9 Å². The second kappa shape index (κ2) is 8.18. The van der Waals surface area contributed by atoms with Crippen LogP contribution in [0.3, 0.4) is 0 Å². The molecule has 1 aromatic carbocycles. The van der Waals surface area contributed by atoms with Crippen LogP contribution in [0.1, 0.15) is 36.6 Å². The quantitative estimate of drug-likeness (QED) is 0.741. The predicted octanol–water partition coefficient (Wildman–Crippen LogP) is 3.88. The van der Waals surface area contributed by atoms with E-state index in [1.165, 1.54) is 18.6 Å². The van der Waals surface area contributed by atoms with E-state index < -0.39 is 0 Å². The molecule has 6 nitrogen and oxygen atoms in total. The van der Waals surface area contributed by atoms with Gasteiger partial charge in [0.05, 0.1) is 11.7 Å². The van der Waals surface area contributed by atoms with Crippen LogP contribution in [0.25, 0.3) is 0 Å². The zero-order valence-electron chi connectivity index (χ0n) is 14.9. The molecular weight excluding hydrogens is 343 g/mol. The second-order valence-corrected chi connectivity index (χ2v) is 6.61. The minimum Gasteiger partial charge on any atom is -0.293 e. The fourth-order valence-corrected chi connectivity index (χ4v) is 3.42. The van der Waals surface area contributed by atoms with Gasteiger partial charge in [-0.2, -0.15) is 0 Å². The molecule has 3 aromatic rings. The molecule has 0 bridgehead atoms. The van der Waals surface area contributed by atoms with Crippen LogP contribution >= 0.6 is 0 Å². The number of rotatable bonds is 5. The molecule has 0 amide bonds. The molecule has 1 aliphatic rings. The van der Waals surface area contributed by atoms with Crippen molar-refractivity contribution in [1.29, 1.82) is 0 Å². The first kappa shape index (κ1) is 17.5. The molecule has 0 radical (unpaired) electrons. The third kappa shape index (κ3) is 4.43. The van der Waals surface area contributed by atoms with Gasteiger partial charge in [0.15, 0.2) is 0 Å². The van der Waals surface area contributed by atoms with E-state index in [0.29, 0.717) is 11.9 Å². The number of nitrogens with one attached hydrogen (secondary N) is 1. The minimum absolute atomic E-state index is 0.205. The molecule has 138 valence electrons. The van der Waals surface area contributed by atoms with Crippen molar-refractivity contribution in [2.45, 2.75) is 31.8 Å². The van der Waals surface area contributed by atoms with Crippen LogP contribution in [0.4, 0.5) is 16.3 Å². The lowest BCUT2D eigenvalue weighted by Crippen LogP contribution is -2.33. The van der Waals surface area contributed by atoms with E-state index >= 15 is 0 Å². The van der Waals surface area contributed by atoms with Crippen LogP contribution in [-0.2, 0) is 6.54 Å². The number of piperidine rings is 1. The van der Waals surface area contributed by atoms with Gasteiger partial charge >= 0.3 is 0 Å². The number of likely N-dealkylation sites (tertiary alicyclic amines) is 1. The highest BCUT2D eigenvalue weighted by atomic mass is 19.1. The van der Waals surface area contributed by atoms with Crippen LogP contribution in [0.15, 0.2) is 55.0 Å². The van der Waals surface area contributed by atoms with Gasteiger partial charge in [0, 0.05) is 25.1 Å². The minimum atomic E-state index is -0.205. The third-order valence-corrected chi connectivity index (χ3v) is 4.72. The monoisotopic (exact) mass is 364 g/mol. The van der Waals surface area contributed by atoms with Crippen molar-refractivity contribution in [3.05, 3.63) is 72.1 Å². The van der Waals surface area contributed by atoms with Gasteiger partial charge in [-0.05, 0) is 49.2 Å². The highest BCUT2D eigenvalue weighted by Crippen LogP contribution is 2.31. The number of anilines is 2. The Balaban J connectivity index is 1.52. The lowest BCUT2D eigenvalue weighted by atomic mass is 9.98. The van der Waals surface area contributed by atoms with Crippen molar-refractivity contribution in [1.82, 2.24) is 24.8 Å². The molecule has 27 heavy (non-hydrogen) atoms. The summed E-state index contributed by atoms with van der Waals surface area (Å²) in [6.45, 7) is 1.77. The summed E-state index contributed by atoms with van der Waals surface area (Å²) in [6, 6.07) is 10.7. The summed E-state index contributed by atoms with van der Waals surface area (Å²) in [5.74, 6) is 0.760. The van der Waals surface area contributed by atoms with E-state index in [4.69, 9.17) is 4.98 Å². The maximum absolute atomic E-state index is 13.2. The van der Waals surface area contributed by atoms with E-state index in [2.05, 4.69) is 25.2 Å². The van der Waals surface area contributed by atoms with E-state index in [9.17, 15) is 4.39 Å². The number of hydrogen-bond donors (Lipinski definition) is 1. The Kier molecular flexibility index (Phi) is 5.29. The van der Waals surface area contributed by atoms with E-state index in [1.54, 1.807) is 24.7 Å². The summed E-state index contributed by atoms with van der Waals surface area (Å²) in [7, 11) is 0. The number of halogens is 1. The zero-order chi connectivity index (χ0) is 18.5. The molecule has 0 unspecified atom stereocenters. The maximum Gasteiger partial charge on any atom is 0.229 e. The lowest BCUT2D eigenvalue weighted by molar-refractivity contribution is 0.137. The van der Waals surface area contributed by atoms with Crippen molar-refractivity contribution >= 4 is 11.9 Å². The Morgan fingerprint density at radius 3 is 2.56 bits per heavy atom. The molecule has 2 aromatic heterocycles. The molecule has 1 atom stereocenters. The summed E-state index contributed by atoms with van der Waals surface area (Å²) < 4.78 is 13.2. The molecule has 0 aliphatic carbocycles. The van der Waals surface area contributed by atoms with Crippen molar-refractivity contribution < 1.29 is 4.39 Å².